The number of aromatic nitrogens is 2. The molecule has 3 aromatic rings. The maximum absolute atomic E-state index is 12.3. The van der Waals surface area contributed by atoms with Crippen LogP contribution in [0.25, 0.3) is 10.2 Å². The van der Waals surface area contributed by atoms with Gasteiger partial charge in [-0.15, -0.1) is 23.7 Å². The first-order chi connectivity index (χ1) is 11.1. The first-order valence-corrected chi connectivity index (χ1v) is 8.42. The van der Waals surface area contributed by atoms with Crippen molar-refractivity contribution in [1.29, 1.82) is 0 Å². The lowest BCUT2D eigenvalue weighted by molar-refractivity contribution is 0.0945. The van der Waals surface area contributed by atoms with Crippen molar-refractivity contribution in [2.24, 2.45) is 5.73 Å². The number of carbonyl (C=O) groups is 1. The highest BCUT2D eigenvalue weighted by Gasteiger charge is 2.17. The summed E-state index contributed by atoms with van der Waals surface area (Å²) in [6.07, 6.45) is 0. The summed E-state index contributed by atoms with van der Waals surface area (Å²) in [6, 6.07) is 12.1. The van der Waals surface area contributed by atoms with Gasteiger partial charge < -0.3 is 11.1 Å². The minimum atomic E-state index is -0.0742. The van der Waals surface area contributed by atoms with E-state index in [0.717, 1.165) is 15.9 Å². The Morgan fingerprint density at radius 2 is 2.08 bits per heavy atom. The molecule has 5 nitrogen and oxygen atoms in total. The van der Waals surface area contributed by atoms with Crippen LogP contribution in [0, 0.1) is 6.92 Å². The molecular weight excluding hydrogens is 344 g/mol. The van der Waals surface area contributed by atoms with Gasteiger partial charge >= 0.3 is 0 Å². The van der Waals surface area contributed by atoms with Crippen LogP contribution in [0.4, 0.5) is 0 Å². The molecule has 1 amide bonds. The van der Waals surface area contributed by atoms with Gasteiger partial charge in [0.25, 0.3) is 5.91 Å². The number of halogens is 1. The summed E-state index contributed by atoms with van der Waals surface area (Å²) >= 11 is 1.47. The number of amides is 1. The molecular formula is C17H21ClN4OS. The molecule has 1 atom stereocenters. The van der Waals surface area contributed by atoms with Crippen molar-refractivity contribution in [2.75, 3.05) is 6.54 Å². The predicted octanol–water partition coefficient (Wildman–Crippen LogP) is 2.95. The third kappa shape index (κ3) is 3.77. The number of hydrogen-bond donors (Lipinski definition) is 2. The molecule has 0 fully saturated rings. The summed E-state index contributed by atoms with van der Waals surface area (Å²) in [6.45, 7) is 5.00. The summed E-state index contributed by atoms with van der Waals surface area (Å²) in [5.74, 6) is -0.0742. The van der Waals surface area contributed by atoms with E-state index in [-0.39, 0.29) is 24.4 Å². The van der Waals surface area contributed by atoms with Crippen molar-refractivity contribution in [3.05, 3.63) is 52.5 Å². The smallest absolute Gasteiger partial charge is 0.261 e. The van der Waals surface area contributed by atoms with Gasteiger partial charge in [-0.2, -0.15) is 5.10 Å². The van der Waals surface area contributed by atoms with Crippen molar-refractivity contribution in [2.45, 2.75) is 26.4 Å². The number of thiophene rings is 1. The molecule has 0 saturated heterocycles. The third-order valence-electron chi connectivity index (χ3n) is 3.74. The van der Waals surface area contributed by atoms with Gasteiger partial charge in [-0.05, 0) is 25.5 Å². The van der Waals surface area contributed by atoms with E-state index in [9.17, 15) is 4.79 Å². The summed E-state index contributed by atoms with van der Waals surface area (Å²) in [7, 11) is 0. The maximum atomic E-state index is 12.3. The van der Waals surface area contributed by atoms with Gasteiger partial charge in [0.15, 0.2) is 0 Å². The highest BCUT2D eigenvalue weighted by Crippen LogP contribution is 2.28. The van der Waals surface area contributed by atoms with E-state index in [1.165, 1.54) is 16.9 Å². The van der Waals surface area contributed by atoms with Crippen molar-refractivity contribution in [3.63, 3.8) is 0 Å². The molecule has 128 valence electrons. The molecule has 0 radical (unpaired) electrons. The van der Waals surface area contributed by atoms with E-state index in [0.29, 0.717) is 18.0 Å². The fourth-order valence-corrected chi connectivity index (χ4v) is 3.51. The lowest BCUT2D eigenvalue weighted by Gasteiger charge is -2.09. The van der Waals surface area contributed by atoms with Gasteiger partial charge in [0, 0.05) is 18.0 Å². The zero-order valence-electron chi connectivity index (χ0n) is 13.7. The summed E-state index contributed by atoms with van der Waals surface area (Å²) in [5, 5.41) is 8.54. The summed E-state index contributed by atoms with van der Waals surface area (Å²) < 4.78 is 1.97. The van der Waals surface area contributed by atoms with E-state index in [1.807, 2.05) is 42.8 Å². The second-order valence-electron chi connectivity index (χ2n) is 5.67. The minimum absolute atomic E-state index is 0. The van der Waals surface area contributed by atoms with Gasteiger partial charge in [-0.25, -0.2) is 0 Å². The highest BCUT2D eigenvalue weighted by molar-refractivity contribution is 7.20. The first-order valence-electron chi connectivity index (χ1n) is 7.60. The van der Waals surface area contributed by atoms with Crippen LogP contribution in [0.15, 0.2) is 36.4 Å². The summed E-state index contributed by atoms with van der Waals surface area (Å²) in [5.41, 5.74) is 7.69. The quantitative estimate of drug-likeness (QED) is 0.731. The number of nitrogens with two attached hydrogens (primary N) is 1. The van der Waals surface area contributed by atoms with E-state index < -0.39 is 0 Å². The largest absolute Gasteiger partial charge is 0.348 e. The first kappa shape index (κ1) is 18.4. The molecule has 7 heteroatoms. The molecule has 3 rings (SSSR count). The molecule has 2 heterocycles. The van der Waals surface area contributed by atoms with Crippen LogP contribution < -0.4 is 11.1 Å². The Morgan fingerprint density at radius 1 is 1.38 bits per heavy atom. The van der Waals surface area contributed by atoms with Crippen LogP contribution in [-0.2, 0) is 6.54 Å². The van der Waals surface area contributed by atoms with Gasteiger partial charge in [-0.1, -0.05) is 30.3 Å². The number of aryl methyl sites for hydroxylation is 1. The number of benzene rings is 1. The number of nitrogens with zero attached hydrogens (tertiary/aromatic N) is 2. The minimum Gasteiger partial charge on any atom is -0.348 e. The Morgan fingerprint density at radius 3 is 2.75 bits per heavy atom. The normalized spacial score (nSPS) is 12.0. The number of fused-ring (bicyclic) bond motifs is 1. The molecule has 24 heavy (non-hydrogen) atoms. The highest BCUT2D eigenvalue weighted by atomic mass is 35.5. The van der Waals surface area contributed by atoms with E-state index in [2.05, 4.69) is 22.5 Å². The van der Waals surface area contributed by atoms with Crippen LogP contribution in [-0.4, -0.2) is 28.3 Å². The zero-order chi connectivity index (χ0) is 16.4. The van der Waals surface area contributed by atoms with E-state index >= 15 is 0 Å². The molecule has 0 aliphatic carbocycles. The second-order valence-corrected chi connectivity index (χ2v) is 6.70. The monoisotopic (exact) mass is 364 g/mol. The molecule has 0 saturated carbocycles. The lowest BCUT2D eigenvalue weighted by atomic mass is 10.2. The topological polar surface area (TPSA) is 72.9 Å². The van der Waals surface area contributed by atoms with Crippen LogP contribution in [0.1, 0.15) is 27.9 Å². The van der Waals surface area contributed by atoms with Gasteiger partial charge in [0.05, 0.1) is 17.1 Å². The van der Waals surface area contributed by atoms with Crippen LogP contribution in [0.5, 0.6) is 0 Å². The lowest BCUT2D eigenvalue weighted by Crippen LogP contribution is -2.37. The van der Waals surface area contributed by atoms with Crippen LogP contribution in [0.2, 0.25) is 0 Å². The van der Waals surface area contributed by atoms with Crippen LogP contribution in [0.3, 0.4) is 0 Å². The Hall–Kier alpha value is -1.89. The van der Waals surface area contributed by atoms with E-state index in [4.69, 9.17) is 5.73 Å². The molecule has 0 aliphatic heterocycles. The van der Waals surface area contributed by atoms with Crippen molar-refractivity contribution >= 4 is 39.9 Å². The third-order valence-corrected chi connectivity index (χ3v) is 4.88. The predicted molar refractivity (Wildman–Crippen MR) is 101 cm³/mol. The molecule has 0 unspecified atom stereocenters. The average Bonchev–Trinajstić information content (AvgIpc) is 3.10. The maximum Gasteiger partial charge on any atom is 0.261 e. The molecule has 0 spiro atoms. The Bertz CT molecular complexity index is 828. The van der Waals surface area contributed by atoms with E-state index in [1.54, 1.807) is 0 Å². The average molecular weight is 365 g/mol. The molecule has 3 N–H and O–H groups in total. The molecule has 0 bridgehead atoms. The number of rotatable bonds is 5. The zero-order valence-corrected chi connectivity index (χ0v) is 15.3. The van der Waals surface area contributed by atoms with Gasteiger partial charge in [0.2, 0.25) is 0 Å². The van der Waals surface area contributed by atoms with Crippen molar-refractivity contribution in [3.8, 4) is 0 Å². The second kappa shape index (κ2) is 7.79. The SMILES string of the molecule is Cc1nn(Cc2ccccc2)c2sc(C(=O)N[C@@H](C)CN)cc12.Cl. The molecule has 2 aromatic heterocycles. The number of hydrogen-bond acceptors (Lipinski definition) is 4. The van der Waals surface area contributed by atoms with Crippen molar-refractivity contribution < 1.29 is 4.79 Å². The fraction of sp³-hybridized carbons (Fsp3) is 0.294. The van der Waals surface area contributed by atoms with Gasteiger partial charge in [-0.3, -0.25) is 9.48 Å². The standard InChI is InChI=1S/C17H20N4OS.ClH/c1-11(9-18)19-16(22)15-8-14-12(2)20-21(17(14)23-15)10-13-6-4-3-5-7-13;/h3-8,11H,9-10,18H2,1-2H3,(H,19,22);1H/t11-;/m0./s1. The van der Waals surface area contributed by atoms with Gasteiger partial charge in [0.1, 0.15) is 4.83 Å². The molecule has 1 aromatic carbocycles. The Balaban J connectivity index is 0.00000208. The number of carbonyl (C=O) groups excluding carboxylic acids is 1. The number of nitrogens with one attached hydrogen (secondary N) is 1. The van der Waals surface area contributed by atoms with Crippen LogP contribution >= 0.6 is 23.7 Å². The Labute approximate surface area is 151 Å². The van der Waals surface area contributed by atoms with Crippen molar-refractivity contribution in [1.82, 2.24) is 15.1 Å². The molecule has 0 aliphatic rings. The summed E-state index contributed by atoms with van der Waals surface area (Å²) in [4.78, 5) is 14.0. The fourth-order valence-electron chi connectivity index (χ4n) is 2.44. The Kier molecular flexibility index (Phi) is 5.99.